The monoisotopic (exact) mass is 530 g/mol. The summed E-state index contributed by atoms with van der Waals surface area (Å²) >= 11 is 7.23. The predicted molar refractivity (Wildman–Crippen MR) is 126 cm³/mol. The maximum absolute atomic E-state index is 15.1. The minimum absolute atomic E-state index is 0.0775. The fourth-order valence-corrected chi connectivity index (χ4v) is 5.05. The number of hydrogen-bond donors (Lipinski definition) is 2. The molecule has 182 valence electrons. The molecule has 34 heavy (non-hydrogen) atoms. The van der Waals surface area contributed by atoms with Crippen LogP contribution in [0.4, 0.5) is 25.1 Å². The molecule has 0 aliphatic rings. The first-order chi connectivity index (χ1) is 15.8. The summed E-state index contributed by atoms with van der Waals surface area (Å²) in [6.45, 7) is 4.65. The van der Waals surface area contributed by atoms with Crippen molar-refractivity contribution in [3.8, 4) is 0 Å². The smallest absolute Gasteiger partial charge is 0.430 e. The van der Waals surface area contributed by atoms with Gasteiger partial charge in [-0.1, -0.05) is 29.8 Å². The van der Waals surface area contributed by atoms with E-state index in [1.54, 1.807) is 26.8 Å². The second-order valence-corrected chi connectivity index (χ2v) is 10.9. The predicted octanol–water partition coefficient (Wildman–Crippen LogP) is 5.27. The molecule has 1 atom stereocenters. The Kier molecular flexibility index (Phi) is 7.46. The van der Waals surface area contributed by atoms with Gasteiger partial charge in [0.15, 0.2) is 5.82 Å². The molecule has 1 heterocycles. The molecular formula is C21H21ClF2N4O4S2. The van der Waals surface area contributed by atoms with Crippen molar-refractivity contribution in [2.45, 2.75) is 37.4 Å². The standard InChI is InChI=1S/C21H21ClF2N4O4S2/c1-21(2,3)32-20(29)28(18-10-33-11-26-18)34(30,31)17-8-13(22)16(9-15(17)24)27-19(25)12-6-4-5-7-14(12)23/h4-11,19,27H,25H2,1-3H3/t19-/m1/s1. The van der Waals surface area contributed by atoms with Gasteiger partial charge in [0, 0.05) is 10.9 Å². The van der Waals surface area contributed by atoms with E-state index in [-0.39, 0.29) is 26.4 Å². The zero-order valence-electron chi connectivity index (χ0n) is 18.3. The lowest BCUT2D eigenvalue weighted by Crippen LogP contribution is -2.41. The van der Waals surface area contributed by atoms with Crippen LogP contribution in [0.1, 0.15) is 32.5 Å². The Balaban J connectivity index is 2.00. The summed E-state index contributed by atoms with van der Waals surface area (Å²) in [4.78, 5) is 15.7. The molecule has 0 spiro atoms. The van der Waals surface area contributed by atoms with Gasteiger partial charge in [0.2, 0.25) is 0 Å². The highest BCUT2D eigenvalue weighted by atomic mass is 35.5. The van der Waals surface area contributed by atoms with Gasteiger partial charge in [-0.2, -0.15) is 0 Å². The van der Waals surface area contributed by atoms with Gasteiger partial charge < -0.3 is 15.8 Å². The number of nitrogens with zero attached hydrogens (tertiary/aromatic N) is 2. The molecule has 1 aromatic heterocycles. The van der Waals surface area contributed by atoms with Gasteiger partial charge in [-0.25, -0.2) is 27.0 Å². The van der Waals surface area contributed by atoms with E-state index in [4.69, 9.17) is 22.1 Å². The van der Waals surface area contributed by atoms with Crippen LogP contribution in [0.25, 0.3) is 0 Å². The summed E-state index contributed by atoms with van der Waals surface area (Å²) in [6.07, 6.45) is -2.37. The minimum Gasteiger partial charge on any atom is -0.443 e. The molecule has 0 fully saturated rings. The Hall–Kier alpha value is -2.80. The van der Waals surface area contributed by atoms with Gasteiger partial charge in [-0.15, -0.1) is 15.6 Å². The molecule has 0 radical (unpaired) electrons. The number of carbonyl (C=O) groups is 1. The van der Waals surface area contributed by atoms with Crippen molar-refractivity contribution in [1.82, 2.24) is 4.98 Å². The van der Waals surface area contributed by atoms with Crippen LogP contribution in [0.3, 0.4) is 0 Å². The Morgan fingerprint density at radius 3 is 2.50 bits per heavy atom. The average Bonchev–Trinajstić information content (AvgIpc) is 3.23. The Bertz CT molecular complexity index is 1300. The molecule has 8 nitrogen and oxygen atoms in total. The highest BCUT2D eigenvalue weighted by Crippen LogP contribution is 2.33. The zero-order chi connectivity index (χ0) is 25.3. The number of aromatic nitrogens is 1. The van der Waals surface area contributed by atoms with Crippen molar-refractivity contribution >= 4 is 50.6 Å². The van der Waals surface area contributed by atoms with E-state index in [2.05, 4.69) is 10.3 Å². The van der Waals surface area contributed by atoms with E-state index in [0.29, 0.717) is 0 Å². The molecule has 0 aliphatic carbocycles. The van der Waals surface area contributed by atoms with Crippen LogP contribution >= 0.6 is 22.9 Å². The second-order valence-electron chi connectivity index (χ2n) is 8.00. The average molecular weight is 531 g/mol. The van der Waals surface area contributed by atoms with E-state index < -0.39 is 44.4 Å². The molecule has 1 amide bonds. The van der Waals surface area contributed by atoms with Crippen molar-refractivity contribution in [1.29, 1.82) is 0 Å². The number of carbonyl (C=O) groups excluding carboxylic acids is 1. The molecule has 0 unspecified atom stereocenters. The van der Waals surface area contributed by atoms with Gasteiger partial charge >= 0.3 is 6.09 Å². The lowest BCUT2D eigenvalue weighted by molar-refractivity contribution is 0.0608. The number of halogens is 3. The minimum atomic E-state index is -4.83. The summed E-state index contributed by atoms with van der Waals surface area (Å²) in [5, 5.41) is 3.72. The van der Waals surface area contributed by atoms with Gasteiger partial charge in [0.25, 0.3) is 10.0 Å². The number of rotatable bonds is 6. The Morgan fingerprint density at radius 1 is 1.24 bits per heavy atom. The van der Waals surface area contributed by atoms with Gasteiger partial charge in [-0.3, -0.25) is 0 Å². The fraction of sp³-hybridized carbons (Fsp3) is 0.238. The number of nitrogens with one attached hydrogen (secondary N) is 1. The van der Waals surface area contributed by atoms with Crippen molar-refractivity contribution in [3.63, 3.8) is 0 Å². The number of amides is 1. The van der Waals surface area contributed by atoms with Crippen LogP contribution in [-0.4, -0.2) is 25.1 Å². The van der Waals surface area contributed by atoms with Crippen molar-refractivity contribution in [3.05, 3.63) is 69.5 Å². The third-order valence-electron chi connectivity index (χ3n) is 4.28. The number of benzene rings is 2. The van der Waals surface area contributed by atoms with E-state index in [0.717, 1.165) is 23.5 Å². The summed E-state index contributed by atoms with van der Waals surface area (Å²) in [6, 6.07) is 7.32. The van der Waals surface area contributed by atoms with Crippen LogP contribution in [-0.2, 0) is 14.8 Å². The zero-order valence-corrected chi connectivity index (χ0v) is 20.6. The number of nitrogens with two attached hydrogens (primary N) is 1. The van der Waals surface area contributed by atoms with Crippen molar-refractivity contribution in [2.75, 3.05) is 9.62 Å². The van der Waals surface area contributed by atoms with Crippen LogP contribution < -0.4 is 15.4 Å². The third-order valence-corrected chi connectivity index (χ3v) is 6.85. The van der Waals surface area contributed by atoms with Crippen molar-refractivity contribution < 1.29 is 26.7 Å². The summed E-state index contributed by atoms with van der Waals surface area (Å²) in [7, 11) is -4.83. The highest BCUT2D eigenvalue weighted by molar-refractivity contribution is 7.93. The molecule has 0 saturated heterocycles. The van der Waals surface area contributed by atoms with Gasteiger partial charge in [0.1, 0.15) is 28.3 Å². The Labute approximate surface area is 204 Å². The van der Waals surface area contributed by atoms with Crippen LogP contribution in [0.15, 0.2) is 52.2 Å². The quantitative estimate of drug-likeness (QED) is 0.417. The molecule has 3 N–H and O–H groups in total. The summed E-state index contributed by atoms with van der Waals surface area (Å²) < 4.78 is 61.2. The first-order valence-electron chi connectivity index (χ1n) is 9.73. The topological polar surface area (TPSA) is 115 Å². The molecule has 2 aromatic carbocycles. The normalized spacial score (nSPS) is 12.8. The highest BCUT2D eigenvalue weighted by Gasteiger charge is 2.38. The molecule has 13 heteroatoms. The number of hydrogen-bond acceptors (Lipinski definition) is 8. The molecule has 0 aliphatic heterocycles. The SMILES string of the molecule is CC(C)(C)OC(=O)N(c1cscn1)S(=O)(=O)c1cc(Cl)c(N[C@@H](N)c2ccccc2F)cc1F. The van der Waals surface area contributed by atoms with Gasteiger partial charge in [0.05, 0.1) is 16.2 Å². The van der Waals surface area contributed by atoms with Gasteiger partial charge in [-0.05, 0) is 39.0 Å². The largest absolute Gasteiger partial charge is 0.443 e. The van der Waals surface area contributed by atoms with E-state index in [1.165, 1.54) is 29.1 Å². The number of sulfonamides is 1. The third kappa shape index (κ3) is 5.63. The van der Waals surface area contributed by atoms with Crippen molar-refractivity contribution in [2.24, 2.45) is 5.73 Å². The Morgan fingerprint density at radius 2 is 1.91 bits per heavy atom. The number of ether oxygens (including phenoxy) is 1. The summed E-state index contributed by atoms with van der Waals surface area (Å²) in [5.74, 6) is -2.08. The maximum Gasteiger partial charge on any atom is 0.430 e. The summed E-state index contributed by atoms with van der Waals surface area (Å²) in [5.41, 5.74) is 6.24. The van der Waals surface area contributed by atoms with E-state index in [1.807, 2.05) is 0 Å². The number of thiazole rings is 1. The molecule has 0 saturated carbocycles. The van der Waals surface area contributed by atoms with E-state index in [9.17, 15) is 17.6 Å². The first kappa shape index (κ1) is 25.8. The van der Waals surface area contributed by atoms with Crippen LogP contribution in [0.5, 0.6) is 0 Å². The lowest BCUT2D eigenvalue weighted by Gasteiger charge is -2.26. The second kappa shape index (κ2) is 9.82. The van der Waals surface area contributed by atoms with Crippen LogP contribution in [0.2, 0.25) is 5.02 Å². The lowest BCUT2D eigenvalue weighted by atomic mass is 10.1. The molecule has 3 rings (SSSR count). The van der Waals surface area contributed by atoms with Crippen LogP contribution in [0, 0.1) is 11.6 Å². The maximum atomic E-state index is 15.1. The molecule has 3 aromatic rings. The first-order valence-corrected chi connectivity index (χ1v) is 12.5. The fourth-order valence-electron chi connectivity index (χ4n) is 2.83. The number of anilines is 2. The molecule has 0 bridgehead atoms. The molecular weight excluding hydrogens is 510 g/mol. The van der Waals surface area contributed by atoms with E-state index >= 15 is 4.39 Å².